The zero-order valence-corrected chi connectivity index (χ0v) is 10.6. The lowest BCUT2D eigenvalue weighted by Crippen LogP contribution is -1.93. The van der Waals surface area contributed by atoms with Crippen LogP contribution in [0, 0.1) is 11.8 Å². The highest BCUT2D eigenvalue weighted by Crippen LogP contribution is 2.21. The predicted molar refractivity (Wildman–Crippen MR) is 70.2 cm³/mol. The molecule has 1 aromatic carbocycles. The summed E-state index contributed by atoms with van der Waals surface area (Å²) in [5.41, 5.74) is 1.95. The van der Waals surface area contributed by atoms with Crippen LogP contribution in [-0.2, 0) is 5.75 Å². The Morgan fingerprint density at radius 1 is 1.35 bits per heavy atom. The maximum atomic E-state index is 8.75. The second kappa shape index (κ2) is 8.02. The topological polar surface area (TPSA) is 49.7 Å². The molecule has 0 amide bonds. The summed E-state index contributed by atoms with van der Waals surface area (Å²) in [5.74, 6) is 7.81. The number of ether oxygens (including phenoxy) is 1. The van der Waals surface area contributed by atoms with Gasteiger partial charge in [0.2, 0.25) is 0 Å². The molecule has 0 radical (unpaired) electrons. The third-order valence-corrected chi connectivity index (χ3v) is 3.09. The molecule has 92 valence electrons. The van der Waals surface area contributed by atoms with Gasteiger partial charge in [0.25, 0.3) is 0 Å². The summed E-state index contributed by atoms with van der Waals surface area (Å²) in [6.45, 7) is 0.0293. The van der Waals surface area contributed by atoms with Crippen LogP contribution in [0.5, 0.6) is 5.75 Å². The predicted octanol–water partition coefficient (Wildman–Crippen LogP) is 1.26. The molecule has 0 saturated heterocycles. The second-order valence-electron chi connectivity index (χ2n) is 3.26. The van der Waals surface area contributed by atoms with Crippen molar-refractivity contribution in [2.24, 2.45) is 0 Å². The summed E-state index contributed by atoms with van der Waals surface area (Å²) in [4.78, 5) is 0. The summed E-state index contributed by atoms with van der Waals surface area (Å²) < 4.78 is 5.16. The van der Waals surface area contributed by atoms with E-state index in [1.165, 1.54) is 0 Å². The molecule has 0 aliphatic heterocycles. The molecule has 0 bridgehead atoms. The fraction of sp³-hybridized carbons (Fsp3) is 0.385. The van der Waals surface area contributed by atoms with Crippen LogP contribution in [0.15, 0.2) is 18.2 Å². The first-order valence-corrected chi connectivity index (χ1v) is 6.42. The number of aliphatic hydroxyl groups excluding tert-OH is 2. The van der Waals surface area contributed by atoms with Crippen LogP contribution >= 0.6 is 11.8 Å². The van der Waals surface area contributed by atoms with Crippen molar-refractivity contribution in [3.05, 3.63) is 29.3 Å². The minimum absolute atomic E-state index is 0.144. The molecule has 0 unspecified atom stereocenters. The molecular formula is C13H16O3S. The quantitative estimate of drug-likeness (QED) is 0.612. The van der Waals surface area contributed by atoms with Gasteiger partial charge in [0, 0.05) is 17.1 Å². The molecule has 2 N–H and O–H groups in total. The minimum atomic E-state index is -0.144. The van der Waals surface area contributed by atoms with E-state index in [4.69, 9.17) is 14.9 Å². The molecule has 0 fully saturated rings. The van der Waals surface area contributed by atoms with Gasteiger partial charge in [0.1, 0.15) is 12.4 Å². The highest BCUT2D eigenvalue weighted by atomic mass is 32.2. The summed E-state index contributed by atoms with van der Waals surface area (Å²) in [7, 11) is 1.62. The molecule has 0 atom stereocenters. The molecule has 0 saturated carbocycles. The first-order valence-electron chi connectivity index (χ1n) is 5.27. The van der Waals surface area contributed by atoms with Gasteiger partial charge in [0.05, 0.1) is 13.7 Å². The Balaban J connectivity index is 2.86. The fourth-order valence-electron chi connectivity index (χ4n) is 1.32. The highest BCUT2D eigenvalue weighted by molar-refractivity contribution is 7.98. The Morgan fingerprint density at radius 2 is 2.18 bits per heavy atom. The van der Waals surface area contributed by atoms with Crippen molar-refractivity contribution in [3.63, 3.8) is 0 Å². The minimum Gasteiger partial charge on any atom is -0.497 e. The molecule has 3 nitrogen and oxygen atoms in total. The zero-order valence-electron chi connectivity index (χ0n) is 9.77. The number of thioether (sulfide) groups is 1. The van der Waals surface area contributed by atoms with Crippen molar-refractivity contribution >= 4 is 11.8 Å². The third-order valence-electron chi connectivity index (χ3n) is 2.11. The van der Waals surface area contributed by atoms with E-state index in [0.29, 0.717) is 5.75 Å². The maximum Gasteiger partial charge on any atom is 0.119 e. The van der Waals surface area contributed by atoms with E-state index in [0.717, 1.165) is 22.6 Å². The molecular weight excluding hydrogens is 236 g/mol. The highest BCUT2D eigenvalue weighted by Gasteiger charge is 2.02. The molecule has 0 spiro atoms. The molecule has 0 aliphatic rings. The molecule has 17 heavy (non-hydrogen) atoms. The summed E-state index contributed by atoms with van der Waals surface area (Å²) in [6, 6.07) is 5.67. The maximum absolute atomic E-state index is 8.75. The Bertz CT molecular complexity index is 407. The number of hydrogen-bond donors (Lipinski definition) is 2. The lowest BCUT2D eigenvalue weighted by molar-refractivity contribution is 0.322. The van der Waals surface area contributed by atoms with Gasteiger partial charge in [-0.3, -0.25) is 0 Å². The molecule has 0 aromatic heterocycles. The first kappa shape index (κ1) is 13.9. The Morgan fingerprint density at radius 3 is 2.82 bits per heavy atom. The molecule has 1 aromatic rings. The van der Waals surface area contributed by atoms with E-state index in [1.54, 1.807) is 18.9 Å². The molecule has 4 heteroatoms. The van der Waals surface area contributed by atoms with Gasteiger partial charge in [-0.1, -0.05) is 11.8 Å². The Labute approximate surface area is 106 Å². The third kappa shape index (κ3) is 4.70. The van der Waals surface area contributed by atoms with Gasteiger partial charge in [-0.2, -0.15) is 11.8 Å². The SMILES string of the molecule is COc1ccc(C#CCO)c(CSCCO)c1. The fourth-order valence-corrected chi connectivity index (χ4v) is 2.05. The molecule has 0 aliphatic carbocycles. The molecule has 0 heterocycles. The van der Waals surface area contributed by atoms with Crippen LogP contribution in [-0.4, -0.2) is 36.3 Å². The van der Waals surface area contributed by atoms with Gasteiger partial charge in [-0.15, -0.1) is 0 Å². The monoisotopic (exact) mass is 252 g/mol. The second-order valence-corrected chi connectivity index (χ2v) is 4.36. The van der Waals surface area contributed by atoms with E-state index >= 15 is 0 Å². The van der Waals surface area contributed by atoms with Gasteiger partial charge in [-0.05, 0) is 23.8 Å². The average molecular weight is 252 g/mol. The number of benzene rings is 1. The first-order chi connectivity index (χ1) is 8.31. The average Bonchev–Trinajstić information content (AvgIpc) is 2.37. The van der Waals surface area contributed by atoms with Crippen LogP contribution in [0.25, 0.3) is 0 Å². The van der Waals surface area contributed by atoms with Crippen LogP contribution in [0.1, 0.15) is 11.1 Å². The normalized spacial score (nSPS) is 9.59. The van der Waals surface area contributed by atoms with E-state index in [1.807, 2.05) is 18.2 Å². The zero-order chi connectivity index (χ0) is 12.5. The largest absolute Gasteiger partial charge is 0.497 e. The Hall–Kier alpha value is -1.15. The lowest BCUT2D eigenvalue weighted by atomic mass is 10.1. The summed E-state index contributed by atoms with van der Waals surface area (Å²) in [6.07, 6.45) is 0. The van der Waals surface area contributed by atoms with Gasteiger partial charge >= 0.3 is 0 Å². The van der Waals surface area contributed by atoms with Crippen LogP contribution < -0.4 is 4.74 Å². The smallest absolute Gasteiger partial charge is 0.119 e. The van der Waals surface area contributed by atoms with Crippen LogP contribution in [0.3, 0.4) is 0 Å². The Kier molecular flexibility index (Phi) is 6.56. The number of methoxy groups -OCH3 is 1. The van der Waals surface area contributed by atoms with Gasteiger partial charge < -0.3 is 14.9 Å². The van der Waals surface area contributed by atoms with Crippen molar-refractivity contribution < 1.29 is 14.9 Å². The number of hydrogen-bond acceptors (Lipinski definition) is 4. The van der Waals surface area contributed by atoms with E-state index in [-0.39, 0.29) is 13.2 Å². The van der Waals surface area contributed by atoms with E-state index in [9.17, 15) is 0 Å². The van der Waals surface area contributed by atoms with E-state index in [2.05, 4.69) is 11.8 Å². The lowest BCUT2D eigenvalue weighted by Gasteiger charge is -2.07. The van der Waals surface area contributed by atoms with Gasteiger partial charge in [-0.25, -0.2) is 0 Å². The van der Waals surface area contributed by atoms with Crippen LogP contribution in [0.2, 0.25) is 0 Å². The molecule has 1 rings (SSSR count). The van der Waals surface area contributed by atoms with Crippen molar-refractivity contribution in [3.8, 4) is 17.6 Å². The van der Waals surface area contributed by atoms with Crippen molar-refractivity contribution in [1.82, 2.24) is 0 Å². The summed E-state index contributed by atoms with van der Waals surface area (Å²) >= 11 is 1.64. The van der Waals surface area contributed by atoms with E-state index < -0.39 is 0 Å². The van der Waals surface area contributed by atoms with Crippen molar-refractivity contribution in [2.45, 2.75) is 5.75 Å². The van der Waals surface area contributed by atoms with Gasteiger partial charge in [0.15, 0.2) is 0 Å². The van der Waals surface area contributed by atoms with Crippen LogP contribution in [0.4, 0.5) is 0 Å². The van der Waals surface area contributed by atoms with Crippen molar-refractivity contribution in [1.29, 1.82) is 0 Å². The standard InChI is InChI=1S/C13H16O3S/c1-16-13-5-4-11(3-2-6-14)12(9-13)10-17-8-7-15/h4-5,9,14-15H,6-8,10H2,1H3. The summed E-state index contributed by atoms with van der Waals surface area (Å²) in [5, 5.41) is 17.4. The number of aliphatic hydroxyl groups is 2. The van der Waals surface area contributed by atoms with Crippen molar-refractivity contribution in [2.75, 3.05) is 26.1 Å². The number of rotatable bonds is 5.